The fourth-order valence-electron chi connectivity index (χ4n) is 1.68. The molecule has 0 aliphatic heterocycles. The number of ether oxygens (including phenoxy) is 1. The van der Waals surface area contributed by atoms with Gasteiger partial charge in [-0.05, 0) is 34.1 Å². The van der Waals surface area contributed by atoms with E-state index in [2.05, 4.69) is 31.0 Å². The molecule has 0 unspecified atom stereocenters. The number of hydrogen-bond acceptors (Lipinski definition) is 4. The van der Waals surface area contributed by atoms with E-state index >= 15 is 0 Å². The third kappa shape index (κ3) is 2.29. The molecule has 1 aromatic carbocycles. The minimum atomic E-state index is 0.459. The molecule has 0 bridgehead atoms. The van der Waals surface area contributed by atoms with Crippen molar-refractivity contribution < 1.29 is 4.74 Å². The average Bonchev–Trinajstić information content (AvgIpc) is 2.76. The monoisotopic (exact) mass is 338 g/mol. The van der Waals surface area contributed by atoms with Gasteiger partial charge in [-0.1, -0.05) is 11.6 Å². The van der Waals surface area contributed by atoms with Gasteiger partial charge in [0.25, 0.3) is 0 Å². The van der Waals surface area contributed by atoms with Gasteiger partial charge in [0.2, 0.25) is 5.88 Å². The highest BCUT2D eigenvalue weighted by Crippen LogP contribution is 2.33. The highest BCUT2D eigenvalue weighted by atomic mass is 79.9. The van der Waals surface area contributed by atoms with Crippen molar-refractivity contribution in [1.29, 1.82) is 0 Å². The lowest BCUT2D eigenvalue weighted by atomic mass is 10.3. The average molecular weight is 340 g/mol. The normalized spacial score (nSPS) is 10.9. The van der Waals surface area contributed by atoms with Crippen LogP contribution >= 0.6 is 27.5 Å². The van der Waals surface area contributed by atoms with Crippen LogP contribution in [-0.4, -0.2) is 19.7 Å². The topological polar surface area (TPSA) is 52.8 Å². The molecule has 5 nitrogen and oxygen atoms in total. The summed E-state index contributed by atoms with van der Waals surface area (Å²) in [6, 6.07) is 5.29. The van der Waals surface area contributed by atoms with Gasteiger partial charge in [-0.3, -0.25) is 4.68 Å². The van der Waals surface area contributed by atoms with Crippen LogP contribution in [0.3, 0.4) is 0 Å². The maximum absolute atomic E-state index is 5.89. The first-order chi connectivity index (χ1) is 9.15. The molecule has 2 aromatic heterocycles. The predicted molar refractivity (Wildman–Crippen MR) is 75.5 cm³/mol. The molecule has 2 heterocycles. The molecule has 7 heteroatoms. The summed E-state index contributed by atoms with van der Waals surface area (Å²) in [6.07, 6.45) is 3.12. The van der Waals surface area contributed by atoms with E-state index in [-0.39, 0.29) is 0 Å². The van der Waals surface area contributed by atoms with E-state index in [4.69, 9.17) is 16.3 Å². The number of nitrogens with zero attached hydrogens (tertiary/aromatic N) is 4. The Balaban J connectivity index is 2.06. The molecule has 0 saturated heterocycles. The van der Waals surface area contributed by atoms with Gasteiger partial charge in [0.15, 0.2) is 5.65 Å². The molecule has 0 atom stereocenters. The third-order valence-corrected chi connectivity index (χ3v) is 3.45. The van der Waals surface area contributed by atoms with Crippen LogP contribution in [0.4, 0.5) is 0 Å². The zero-order valence-electron chi connectivity index (χ0n) is 9.84. The lowest BCUT2D eigenvalue weighted by molar-refractivity contribution is 0.465. The molecule has 19 heavy (non-hydrogen) atoms. The first-order valence-electron chi connectivity index (χ1n) is 5.41. The minimum absolute atomic E-state index is 0.459. The Morgan fingerprint density at radius 1 is 1.32 bits per heavy atom. The van der Waals surface area contributed by atoms with Gasteiger partial charge in [-0.15, -0.1) is 0 Å². The lowest BCUT2D eigenvalue weighted by Crippen LogP contribution is -1.94. The van der Waals surface area contributed by atoms with Crippen molar-refractivity contribution in [3.63, 3.8) is 0 Å². The van der Waals surface area contributed by atoms with Gasteiger partial charge in [0.1, 0.15) is 17.5 Å². The van der Waals surface area contributed by atoms with Crippen LogP contribution in [0.1, 0.15) is 0 Å². The fraction of sp³-hybridized carbons (Fsp3) is 0.0833. The lowest BCUT2D eigenvalue weighted by Gasteiger charge is -2.07. The summed E-state index contributed by atoms with van der Waals surface area (Å²) in [5.41, 5.74) is 0.718. The summed E-state index contributed by atoms with van der Waals surface area (Å²) in [5.74, 6) is 1.09. The van der Waals surface area contributed by atoms with Crippen LogP contribution in [0.25, 0.3) is 11.0 Å². The highest BCUT2D eigenvalue weighted by Gasteiger charge is 2.11. The maximum Gasteiger partial charge on any atom is 0.233 e. The van der Waals surface area contributed by atoms with E-state index < -0.39 is 0 Å². The summed E-state index contributed by atoms with van der Waals surface area (Å²) in [4.78, 5) is 8.29. The van der Waals surface area contributed by atoms with Gasteiger partial charge in [0, 0.05) is 12.1 Å². The zero-order valence-corrected chi connectivity index (χ0v) is 12.2. The summed E-state index contributed by atoms with van der Waals surface area (Å²) in [7, 11) is 1.82. The Morgan fingerprint density at radius 3 is 2.95 bits per heavy atom. The van der Waals surface area contributed by atoms with Gasteiger partial charge < -0.3 is 4.74 Å². The molecule has 0 fully saturated rings. The second kappa shape index (κ2) is 4.79. The molecule has 96 valence electrons. The first kappa shape index (κ1) is 12.4. The van der Waals surface area contributed by atoms with E-state index in [1.54, 1.807) is 29.1 Å². The number of benzene rings is 1. The van der Waals surface area contributed by atoms with E-state index in [9.17, 15) is 0 Å². The highest BCUT2D eigenvalue weighted by molar-refractivity contribution is 9.10. The fourth-order valence-corrected chi connectivity index (χ4v) is 2.45. The van der Waals surface area contributed by atoms with Gasteiger partial charge in [-0.2, -0.15) is 5.10 Å². The number of hydrogen-bond donors (Lipinski definition) is 0. The van der Waals surface area contributed by atoms with E-state index in [1.807, 2.05) is 7.05 Å². The largest absolute Gasteiger partial charge is 0.437 e. The Bertz CT molecular complexity index is 759. The molecular formula is C12H8BrClN4O. The smallest absolute Gasteiger partial charge is 0.233 e. The van der Waals surface area contributed by atoms with Crippen LogP contribution < -0.4 is 4.74 Å². The van der Waals surface area contributed by atoms with Crippen LogP contribution in [0.15, 0.2) is 35.2 Å². The Labute approximate surface area is 122 Å². The van der Waals surface area contributed by atoms with Gasteiger partial charge in [0.05, 0.1) is 10.7 Å². The number of rotatable bonds is 2. The summed E-state index contributed by atoms with van der Waals surface area (Å²) < 4.78 is 8.21. The van der Waals surface area contributed by atoms with Crippen LogP contribution in [-0.2, 0) is 7.05 Å². The summed E-state index contributed by atoms with van der Waals surface area (Å²) >= 11 is 9.29. The molecular weight excluding hydrogens is 332 g/mol. The second-order valence-corrected chi connectivity index (χ2v) is 5.15. The van der Waals surface area contributed by atoms with Crippen molar-refractivity contribution >= 4 is 38.6 Å². The number of halogens is 2. The summed E-state index contributed by atoms with van der Waals surface area (Å²) in [5, 5.41) is 5.53. The second-order valence-electron chi connectivity index (χ2n) is 3.86. The van der Waals surface area contributed by atoms with Crippen LogP contribution in [0.2, 0.25) is 5.02 Å². The summed E-state index contributed by atoms with van der Waals surface area (Å²) in [6.45, 7) is 0. The Morgan fingerprint density at radius 2 is 2.16 bits per heavy atom. The van der Waals surface area contributed by atoms with Crippen LogP contribution in [0, 0.1) is 0 Å². The molecule has 0 aliphatic rings. The molecule has 3 rings (SSSR count). The third-order valence-electron chi connectivity index (χ3n) is 2.59. The quantitative estimate of drug-likeness (QED) is 0.716. The maximum atomic E-state index is 5.89. The number of aromatic nitrogens is 4. The predicted octanol–water partition coefficient (Wildman–Crippen LogP) is 3.57. The van der Waals surface area contributed by atoms with E-state index in [1.165, 1.54) is 6.33 Å². The number of aryl methyl sites for hydroxylation is 1. The SMILES string of the molecule is Cn1ncc2c(Oc3ccc(Cl)cc3Br)ncnc21. The van der Waals surface area contributed by atoms with Gasteiger partial charge in [-0.25, -0.2) is 9.97 Å². The van der Waals surface area contributed by atoms with Crippen molar-refractivity contribution in [2.45, 2.75) is 0 Å². The molecule has 0 saturated carbocycles. The van der Waals surface area contributed by atoms with Crippen molar-refractivity contribution in [2.75, 3.05) is 0 Å². The molecule has 0 N–H and O–H groups in total. The number of fused-ring (bicyclic) bond motifs is 1. The minimum Gasteiger partial charge on any atom is -0.437 e. The Kier molecular flexibility index (Phi) is 3.12. The van der Waals surface area contributed by atoms with Crippen molar-refractivity contribution in [1.82, 2.24) is 19.7 Å². The molecule has 0 amide bonds. The van der Waals surface area contributed by atoms with E-state index in [0.29, 0.717) is 16.7 Å². The van der Waals surface area contributed by atoms with Crippen LogP contribution in [0.5, 0.6) is 11.6 Å². The Hall–Kier alpha value is -1.66. The van der Waals surface area contributed by atoms with E-state index in [0.717, 1.165) is 15.5 Å². The molecule has 0 aliphatic carbocycles. The van der Waals surface area contributed by atoms with Gasteiger partial charge >= 0.3 is 0 Å². The van der Waals surface area contributed by atoms with Crippen molar-refractivity contribution in [3.05, 3.63) is 40.2 Å². The molecule has 0 radical (unpaired) electrons. The zero-order chi connectivity index (χ0) is 13.4. The standard InChI is InChI=1S/C12H8BrClN4O/c1-18-11-8(5-17-18)12(16-6-15-11)19-10-3-2-7(14)4-9(10)13/h2-6H,1H3. The molecule has 0 spiro atoms. The molecule has 3 aromatic rings. The van der Waals surface area contributed by atoms with Crippen molar-refractivity contribution in [3.8, 4) is 11.6 Å². The van der Waals surface area contributed by atoms with Crippen molar-refractivity contribution in [2.24, 2.45) is 7.05 Å². The first-order valence-corrected chi connectivity index (χ1v) is 6.58.